The van der Waals surface area contributed by atoms with E-state index in [2.05, 4.69) is 0 Å². The summed E-state index contributed by atoms with van der Waals surface area (Å²) in [6, 6.07) is 7.75. The van der Waals surface area contributed by atoms with Gasteiger partial charge in [-0.15, -0.1) is 0 Å². The van der Waals surface area contributed by atoms with E-state index in [1.165, 1.54) is 0 Å². The van der Waals surface area contributed by atoms with E-state index >= 15 is 0 Å². The minimum Gasteiger partial charge on any atom is -0.496 e. The SMILES string of the molecule is COc1ccccc1CCC(=O)N1CCC(C)(O)C1. The van der Waals surface area contributed by atoms with Gasteiger partial charge in [-0.1, -0.05) is 18.2 Å². The van der Waals surface area contributed by atoms with Crippen molar-refractivity contribution < 1.29 is 14.6 Å². The maximum atomic E-state index is 12.1. The summed E-state index contributed by atoms with van der Waals surface area (Å²) in [4.78, 5) is 13.8. The van der Waals surface area contributed by atoms with E-state index in [-0.39, 0.29) is 5.91 Å². The van der Waals surface area contributed by atoms with E-state index in [1.54, 1.807) is 18.9 Å². The predicted octanol–water partition coefficient (Wildman–Crippen LogP) is 1.61. The Bertz CT molecular complexity index is 456. The maximum Gasteiger partial charge on any atom is 0.223 e. The Balaban J connectivity index is 1.90. The normalized spacial score (nSPS) is 22.6. The third kappa shape index (κ3) is 3.47. The van der Waals surface area contributed by atoms with Crippen molar-refractivity contribution in [3.8, 4) is 5.75 Å². The number of β-amino-alcohol motifs (C(OH)–C–C–N with tert-alkyl or cyclic N) is 1. The van der Waals surface area contributed by atoms with E-state index in [1.807, 2.05) is 24.3 Å². The highest BCUT2D eigenvalue weighted by Gasteiger charge is 2.33. The number of benzene rings is 1. The Morgan fingerprint density at radius 1 is 1.47 bits per heavy atom. The van der Waals surface area contributed by atoms with Gasteiger partial charge in [-0.3, -0.25) is 4.79 Å². The van der Waals surface area contributed by atoms with Crippen LogP contribution >= 0.6 is 0 Å². The minimum absolute atomic E-state index is 0.101. The number of hydrogen-bond acceptors (Lipinski definition) is 3. The Kier molecular flexibility index (Phi) is 4.10. The number of ether oxygens (including phenoxy) is 1. The second kappa shape index (κ2) is 5.61. The monoisotopic (exact) mass is 263 g/mol. The molecule has 1 aromatic rings. The van der Waals surface area contributed by atoms with Crippen molar-refractivity contribution in [2.75, 3.05) is 20.2 Å². The highest BCUT2D eigenvalue weighted by Crippen LogP contribution is 2.23. The maximum absolute atomic E-state index is 12.1. The molecule has 1 heterocycles. The molecule has 1 amide bonds. The van der Waals surface area contributed by atoms with Crippen molar-refractivity contribution in [3.63, 3.8) is 0 Å². The molecule has 1 aromatic carbocycles. The average molecular weight is 263 g/mol. The Labute approximate surface area is 114 Å². The molecule has 1 aliphatic heterocycles. The van der Waals surface area contributed by atoms with Gasteiger partial charge in [0.2, 0.25) is 5.91 Å². The fourth-order valence-electron chi connectivity index (χ4n) is 2.47. The molecule has 1 fully saturated rings. The summed E-state index contributed by atoms with van der Waals surface area (Å²) in [5.74, 6) is 0.924. The third-order valence-corrected chi connectivity index (χ3v) is 3.61. The lowest BCUT2D eigenvalue weighted by atomic mass is 10.1. The summed E-state index contributed by atoms with van der Waals surface area (Å²) in [7, 11) is 1.64. The van der Waals surface area contributed by atoms with Gasteiger partial charge in [-0.25, -0.2) is 0 Å². The first-order chi connectivity index (χ1) is 9.02. The number of hydrogen-bond donors (Lipinski definition) is 1. The summed E-state index contributed by atoms with van der Waals surface area (Å²) in [6.07, 6.45) is 1.78. The van der Waals surface area contributed by atoms with Gasteiger partial charge < -0.3 is 14.7 Å². The summed E-state index contributed by atoms with van der Waals surface area (Å²) >= 11 is 0. The van der Waals surface area contributed by atoms with Crippen molar-refractivity contribution in [1.29, 1.82) is 0 Å². The van der Waals surface area contributed by atoms with Gasteiger partial charge in [-0.2, -0.15) is 0 Å². The van der Waals surface area contributed by atoms with Gasteiger partial charge in [-0.05, 0) is 31.4 Å². The van der Waals surface area contributed by atoms with Crippen LogP contribution in [0.2, 0.25) is 0 Å². The minimum atomic E-state index is -0.722. The van der Waals surface area contributed by atoms with Crippen molar-refractivity contribution in [1.82, 2.24) is 4.90 Å². The molecule has 104 valence electrons. The molecular formula is C15H21NO3. The highest BCUT2D eigenvalue weighted by molar-refractivity contribution is 5.77. The second-order valence-corrected chi connectivity index (χ2v) is 5.37. The molecule has 0 radical (unpaired) electrons. The van der Waals surface area contributed by atoms with Gasteiger partial charge in [0.1, 0.15) is 5.75 Å². The fraction of sp³-hybridized carbons (Fsp3) is 0.533. The smallest absolute Gasteiger partial charge is 0.223 e. The van der Waals surface area contributed by atoms with Gasteiger partial charge in [0.25, 0.3) is 0 Å². The molecule has 4 nitrogen and oxygen atoms in total. The molecule has 1 aliphatic rings. The van der Waals surface area contributed by atoms with E-state index < -0.39 is 5.60 Å². The van der Waals surface area contributed by atoms with Crippen LogP contribution in [0.15, 0.2) is 24.3 Å². The zero-order valence-electron chi connectivity index (χ0n) is 11.6. The molecule has 0 saturated carbocycles. The van der Waals surface area contributed by atoms with Gasteiger partial charge in [0.05, 0.1) is 12.7 Å². The lowest BCUT2D eigenvalue weighted by Crippen LogP contribution is -2.34. The number of amides is 1. The van der Waals surface area contributed by atoms with E-state index in [0.717, 1.165) is 11.3 Å². The lowest BCUT2D eigenvalue weighted by Gasteiger charge is -2.19. The molecule has 1 N–H and O–H groups in total. The topological polar surface area (TPSA) is 49.8 Å². The van der Waals surface area contributed by atoms with Crippen LogP contribution in [-0.4, -0.2) is 41.7 Å². The van der Waals surface area contributed by atoms with Crippen LogP contribution in [0.4, 0.5) is 0 Å². The molecule has 0 bridgehead atoms. The molecule has 0 aromatic heterocycles. The van der Waals surface area contributed by atoms with Gasteiger partial charge in [0.15, 0.2) is 0 Å². The first-order valence-electron chi connectivity index (χ1n) is 6.64. The molecule has 1 saturated heterocycles. The zero-order valence-corrected chi connectivity index (χ0v) is 11.6. The molecule has 4 heteroatoms. The van der Waals surface area contributed by atoms with E-state index in [4.69, 9.17) is 4.74 Å². The van der Waals surface area contributed by atoms with Crippen LogP contribution < -0.4 is 4.74 Å². The molecule has 0 aliphatic carbocycles. The number of para-hydroxylation sites is 1. The van der Waals surface area contributed by atoms with Crippen LogP contribution in [0.1, 0.15) is 25.3 Å². The number of aryl methyl sites for hydroxylation is 1. The predicted molar refractivity (Wildman–Crippen MR) is 73.1 cm³/mol. The van der Waals surface area contributed by atoms with Crippen molar-refractivity contribution in [2.24, 2.45) is 0 Å². The number of carbonyl (C=O) groups is 1. The fourth-order valence-corrected chi connectivity index (χ4v) is 2.47. The summed E-state index contributed by atoms with van der Waals surface area (Å²) in [6.45, 7) is 2.87. The molecule has 19 heavy (non-hydrogen) atoms. The molecule has 0 spiro atoms. The number of aliphatic hydroxyl groups is 1. The first kappa shape index (κ1) is 13.9. The van der Waals surface area contributed by atoms with Crippen LogP contribution in [0.3, 0.4) is 0 Å². The number of nitrogens with zero attached hydrogens (tertiary/aromatic N) is 1. The Hall–Kier alpha value is -1.55. The summed E-state index contributed by atoms with van der Waals surface area (Å²) in [5.41, 5.74) is 0.324. The quantitative estimate of drug-likeness (QED) is 0.898. The summed E-state index contributed by atoms with van der Waals surface area (Å²) in [5, 5.41) is 9.87. The Morgan fingerprint density at radius 2 is 2.21 bits per heavy atom. The van der Waals surface area contributed by atoms with Crippen molar-refractivity contribution in [3.05, 3.63) is 29.8 Å². The van der Waals surface area contributed by atoms with Gasteiger partial charge >= 0.3 is 0 Å². The standard InChI is InChI=1S/C15H21NO3/c1-15(18)9-10-16(11-15)14(17)8-7-12-5-3-4-6-13(12)19-2/h3-6,18H,7-11H2,1-2H3. The third-order valence-electron chi connectivity index (χ3n) is 3.61. The number of carbonyl (C=O) groups excluding carboxylic acids is 1. The second-order valence-electron chi connectivity index (χ2n) is 5.37. The molecular weight excluding hydrogens is 242 g/mol. The van der Waals surface area contributed by atoms with Crippen LogP contribution in [0.25, 0.3) is 0 Å². The molecule has 1 unspecified atom stereocenters. The first-order valence-corrected chi connectivity index (χ1v) is 6.64. The lowest BCUT2D eigenvalue weighted by molar-refractivity contribution is -0.131. The number of rotatable bonds is 4. The average Bonchev–Trinajstić information content (AvgIpc) is 2.76. The molecule has 2 rings (SSSR count). The van der Waals surface area contributed by atoms with Crippen molar-refractivity contribution in [2.45, 2.75) is 31.8 Å². The summed E-state index contributed by atoms with van der Waals surface area (Å²) < 4.78 is 5.27. The number of methoxy groups -OCH3 is 1. The van der Waals surface area contributed by atoms with Crippen molar-refractivity contribution >= 4 is 5.91 Å². The van der Waals surface area contributed by atoms with E-state index in [9.17, 15) is 9.90 Å². The van der Waals surface area contributed by atoms with Crippen LogP contribution in [0, 0.1) is 0 Å². The highest BCUT2D eigenvalue weighted by atomic mass is 16.5. The number of likely N-dealkylation sites (tertiary alicyclic amines) is 1. The Morgan fingerprint density at radius 3 is 2.84 bits per heavy atom. The van der Waals surface area contributed by atoms with Crippen LogP contribution in [0.5, 0.6) is 5.75 Å². The van der Waals surface area contributed by atoms with Gasteiger partial charge in [0, 0.05) is 19.5 Å². The van der Waals surface area contributed by atoms with Crippen LogP contribution in [-0.2, 0) is 11.2 Å². The largest absolute Gasteiger partial charge is 0.496 e. The van der Waals surface area contributed by atoms with E-state index in [0.29, 0.717) is 32.4 Å². The molecule has 1 atom stereocenters. The zero-order chi connectivity index (χ0) is 13.9.